The van der Waals surface area contributed by atoms with Crippen LogP contribution in [-0.4, -0.2) is 17.6 Å². The number of hydrogen-bond donors (Lipinski definition) is 1. The Bertz CT molecular complexity index is 822. The quantitative estimate of drug-likeness (QED) is 0.684. The van der Waals surface area contributed by atoms with Crippen LogP contribution in [0.15, 0.2) is 30.3 Å². The smallest absolute Gasteiger partial charge is 0.271 e. The molecule has 0 saturated carbocycles. The van der Waals surface area contributed by atoms with Crippen LogP contribution in [-0.2, 0) is 0 Å². The number of hydrogen-bond acceptors (Lipinski definition) is 5. The lowest BCUT2D eigenvalue weighted by Gasteiger charge is -2.09. The Morgan fingerprint density at radius 1 is 1.30 bits per heavy atom. The first kappa shape index (κ1) is 15.1. The number of benzene rings is 2. The lowest BCUT2D eigenvalue weighted by Crippen LogP contribution is -2.13. The van der Waals surface area contributed by atoms with E-state index in [0.717, 1.165) is 0 Å². The molecule has 0 spiro atoms. The third kappa shape index (κ3) is 2.91. The number of carbonyl (C=O) groups excluding carboxylic acids is 1. The lowest BCUT2D eigenvalue weighted by atomic mass is 10.1. The van der Waals surface area contributed by atoms with E-state index in [2.05, 4.69) is 5.32 Å². The summed E-state index contributed by atoms with van der Waals surface area (Å²) in [6.07, 6.45) is 0. The molecule has 0 fully saturated rings. The maximum absolute atomic E-state index is 12.4. The molecule has 2 aromatic carbocycles. The number of non-ortho nitro benzene ring substituents is 1. The van der Waals surface area contributed by atoms with Gasteiger partial charge in [0.25, 0.3) is 11.6 Å². The van der Waals surface area contributed by atoms with Crippen LogP contribution in [0.25, 0.3) is 0 Å². The van der Waals surface area contributed by atoms with Gasteiger partial charge in [0.05, 0.1) is 15.6 Å². The fraction of sp³-hybridized carbons (Fsp3) is 0.133. The van der Waals surface area contributed by atoms with Crippen molar-refractivity contribution in [1.82, 2.24) is 0 Å². The normalized spacial score (nSPS) is 12.1. The van der Waals surface area contributed by atoms with Gasteiger partial charge in [0, 0.05) is 17.7 Å². The molecule has 1 N–H and O–H groups in total. The number of rotatable bonds is 3. The summed E-state index contributed by atoms with van der Waals surface area (Å²) in [5.74, 6) is 0.335. The summed E-state index contributed by atoms with van der Waals surface area (Å²) in [6, 6.07) is 7.22. The van der Waals surface area contributed by atoms with Crippen molar-refractivity contribution < 1.29 is 19.2 Å². The summed E-state index contributed by atoms with van der Waals surface area (Å²) in [6.45, 7) is 1.79. The second-order valence-electron chi connectivity index (χ2n) is 4.90. The second kappa shape index (κ2) is 5.77. The van der Waals surface area contributed by atoms with E-state index in [1.807, 2.05) is 0 Å². The van der Waals surface area contributed by atoms with Gasteiger partial charge in [0.2, 0.25) is 6.79 Å². The minimum Gasteiger partial charge on any atom is -0.454 e. The third-order valence-corrected chi connectivity index (χ3v) is 3.65. The molecule has 118 valence electrons. The number of amides is 1. The van der Waals surface area contributed by atoms with Gasteiger partial charge < -0.3 is 14.8 Å². The summed E-state index contributed by atoms with van der Waals surface area (Å²) in [5.41, 5.74) is 1.23. The van der Waals surface area contributed by atoms with Crippen LogP contribution in [0.5, 0.6) is 11.5 Å². The Balaban J connectivity index is 1.89. The molecule has 0 saturated heterocycles. The molecular weight excluding hydrogens is 324 g/mol. The predicted octanol–water partition coefficient (Wildman–Crippen LogP) is 3.54. The van der Waals surface area contributed by atoms with Gasteiger partial charge in [0.15, 0.2) is 11.5 Å². The van der Waals surface area contributed by atoms with Gasteiger partial charge in [-0.1, -0.05) is 17.7 Å². The molecule has 1 heterocycles. The van der Waals surface area contributed by atoms with E-state index in [0.29, 0.717) is 22.7 Å². The zero-order chi connectivity index (χ0) is 16.6. The zero-order valence-corrected chi connectivity index (χ0v) is 12.7. The molecule has 0 bridgehead atoms. The van der Waals surface area contributed by atoms with Gasteiger partial charge in [-0.05, 0) is 24.6 Å². The molecule has 1 aliphatic heterocycles. The van der Waals surface area contributed by atoms with Crippen molar-refractivity contribution in [2.75, 3.05) is 12.1 Å². The van der Waals surface area contributed by atoms with Crippen LogP contribution in [0.2, 0.25) is 5.02 Å². The molecule has 1 amide bonds. The van der Waals surface area contributed by atoms with E-state index >= 15 is 0 Å². The largest absolute Gasteiger partial charge is 0.454 e. The van der Waals surface area contributed by atoms with Crippen LogP contribution in [0.3, 0.4) is 0 Å². The van der Waals surface area contributed by atoms with Crippen molar-refractivity contribution in [3.05, 3.63) is 56.6 Å². The number of halogens is 1. The molecular formula is C15H11ClN2O5. The number of nitro benzene ring substituents is 1. The summed E-state index contributed by atoms with van der Waals surface area (Å²) >= 11 is 6.05. The number of fused-ring (bicyclic) bond motifs is 1. The highest BCUT2D eigenvalue weighted by Gasteiger charge is 2.21. The minimum absolute atomic E-state index is 0.0457. The fourth-order valence-corrected chi connectivity index (χ4v) is 2.42. The van der Waals surface area contributed by atoms with Gasteiger partial charge in [-0.2, -0.15) is 0 Å². The topological polar surface area (TPSA) is 90.7 Å². The number of aryl methyl sites for hydroxylation is 1. The van der Waals surface area contributed by atoms with Crippen LogP contribution in [0, 0.1) is 17.0 Å². The number of ether oxygens (including phenoxy) is 2. The average molecular weight is 335 g/mol. The Hall–Kier alpha value is -2.80. The van der Waals surface area contributed by atoms with Crippen molar-refractivity contribution in [1.29, 1.82) is 0 Å². The highest BCUT2D eigenvalue weighted by Crippen LogP contribution is 2.40. The van der Waals surface area contributed by atoms with Crippen molar-refractivity contribution in [2.45, 2.75) is 6.92 Å². The van der Waals surface area contributed by atoms with E-state index in [1.54, 1.807) is 13.0 Å². The highest BCUT2D eigenvalue weighted by molar-refractivity contribution is 6.32. The van der Waals surface area contributed by atoms with Gasteiger partial charge >= 0.3 is 0 Å². The second-order valence-corrected chi connectivity index (χ2v) is 5.31. The van der Waals surface area contributed by atoms with Crippen LogP contribution in [0.4, 0.5) is 11.4 Å². The first-order valence-corrected chi connectivity index (χ1v) is 6.99. The molecule has 0 aliphatic carbocycles. The van der Waals surface area contributed by atoms with Crippen LogP contribution < -0.4 is 14.8 Å². The first-order chi connectivity index (χ1) is 11.0. The molecule has 0 aromatic heterocycles. The predicted molar refractivity (Wildman–Crippen MR) is 83.4 cm³/mol. The maximum Gasteiger partial charge on any atom is 0.271 e. The summed E-state index contributed by atoms with van der Waals surface area (Å²) < 4.78 is 10.4. The summed E-state index contributed by atoms with van der Waals surface area (Å²) in [7, 11) is 0. The Kier molecular flexibility index (Phi) is 3.79. The Labute approximate surface area is 135 Å². The van der Waals surface area contributed by atoms with E-state index in [4.69, 9.17) is 21.1 Å². The molecule has 7 nitrogen and oxygen atoms in total. The maximum atomic E-state index is 12.4. The molecule has 0 unspecified atom stereocenters. The Morgan fingerprint density at radius 2 is 2.09 bits per heavy atom. The number of nitro groups is 1. The first-order valence-electron chi connectivity index (χ1n) is 6.61. The zero-order valence-electron chi connectivity index (χ0n) is 12.0. The Morgan fingerprint density at radius 3 is 2.83 bits per heavy atom. The van der Waals surface area contributed by atoms with Gasteiger partial charge in [-0.3, -0.25) is 14.9 Å². The van der Waals surface area contributed by atoms with Gasteiger partial charge in [-0.25, -0.2) is 0 Å². The van der Waals surface area contributed by atoms with Crippen LogP contribution in [0.1, 0.15) is 15.9 Å². The highest BCUT2D eigenvalue weighted by atomic mass is 35.5. The number of nitrogens with zero attached hydrogens (tertiary/aromatic N) is 1. The van der Waals surface area contributed by atoms with Crippen molar-refractivity contribution in [2.24, 2.45) is 0 Å². The average Bonchev–Trinajstić information content (AvgIpc) is 2.98. The van der Waals surface area contributed by atoms with Crippen molar-refractivity contribution in [3.63, 3.8) is 0 Å². The fourth-order valence-electron chi connectivity index (χ4n) is 2.15. The number of nitrogens with one attached hydrogen (secondary N) is 1. The van der Waals surface area contributed by atoms with Crippen LogP contribution >= 0.6 is 11.6 Å². The summed E-state index contributed by atoms with van der Waals surface area (Å²) in [5, 5.41) is 13.7. The molecule has 2 aromatic rings. The SMILES string of the molecule is Cc1ccc([N+](=O)[O-])cc1NC(=O)c1cc(Cl)c2c(c1)OCO2. The van der Waals surface area contributed by atoms with Crippen molar-refractivity contribution >= 4 is 28.9 Å². The van der Waals surface area contributed by atoms with E-state index in [1.165, 1.54) is 24.3 Å². The van der Waals surface area contributed by atoms with Gasteiger partial charge in [-0.15, -0.1) is 0 Å². The molecule has 3 rings (SSSR count). The van der Waals surface area contributed by atoms with E-state index in [9.17, 15) is 14.9 Å². The molecule has 1 aliphatic rings. The number of anilines is 1. The molecule has 23 heavy (non-hydrogen) atoms. The minimum atomic E-state index is -0.521. The monoisotopic (exact) mass is 334 g/mol. The lowest BCUT2D eigenvalue weighted by molar-refractivity contribution is -0.384. The summed E-state index contributed by atoms with van der Waals surface area (Å²) in [4.78, 5) is 22.7. The molecule has 8 heteroatoms. The standard InChI is InChI=1S/C15H11ClN2O5/c1-8-2-3-10(18(20)21)6-12(8)17-15(19)9-4-11(16)14-13(5-9)22-7-23-14/h2-6H,7H2,1H3,(H,17,19). The molecule has 0 atom stereocenters. The van der Waals surface area contributed by atoms with E-state index < -0.39 is 10.8 Å². The van der Waals surface area contributed by atoms with Crippen molar-refractivity contribution in [3.8, 4) is 11.5 Å². The third-order valence-electron chi connectivity index (χ3n) is 3.37. The number of carbonyl (C=O) groups is 1. The van der Waals surface area contributed by atoms with Gasteiger partial charge in [0.1, 0.15) is 0 Å². The molecule has 0 radical (unpaired) electrons. The van der Waals surface area contributed by atoms with E-state index in [-0.39, 0.29) is 23.1 Å².